The molecule has 4 heterocycles. The lowest BCUT2D eigenvalue weighted by Gasteiger charge is -2.24. The summed E-state index contributed by atoms with van der Waals surface area (Å²) in [6.45, 7) is 6.32. The molecule has 2 aliphatic rings. The summed E-state index contributed by atoms with van der Waals surface area (Å²) in [4.78, 5) is 12.0. The zero-order valence-electron chi connectivity index (χ0n) is 16.4. The van der Waals surface area contributed by atoms with Gasteiger partial charge in [0.25, 0.3) is 0 Å². The number of hydrogen-bond acceptors (Lipinski definition) is 3. The molecule has 27 heavy (non-hydrogen) atoms. The van der Waals surface area contributed by atoms with Crippen LogP contribution in [0.15, 0.2) is 24.4 Å². The highest BCUT2D eigenvalue weighted by molar-refractivity contribution is 5.88. The van der Waals surface area contributed by atoms with Crippen molar-refractivity contribution in [2.75, 3.05) is 13.6 Å². The molecule has 0 unspecified atom stereocenters. The van der Waals surface area contributed by atoms with Crippen LogP contribution in [-0.2, 0) is 19.4 Å². The molecule has 0 saturated carbocycles. The number of aryl methyl sites for hydroxylation is 3. The average molecular weight is 358 g/mol. The van der Waals surface area contributed by atoms with Crippen molar-refractivity contribution in [3.05, 3.63) is 58.2 Å². The third-order valence-corrected chi connectivity index (χ3v) is 5.96. The summed E-state index contributed by atoms with van der Waals surface area (Å²) in [5, 5.41) is 1.31. The lowest BCUT2D eigenvalue weighted by molar-refractivity contribution is 0.312. The Balaban J connectivity index is 1.72. The lowest BCUT2D eigenvalue weighted by Crippen LogP contribution is -2.26. The normalized spacial score (nSPS) is 18.7. The van der Waals surface area contributed by atoms with Crippen LogP contribution in [0.5, 0.6) is 0 Å². The quantitative estimate of drug-likeness (QED) is 0.648. The molecule has 4 heteroatoms. The van der Waals surface area contributed by atoms with Gasteiger partial charge in [-0.15, -0.1) is 0 Å². The van der Waals surface area contributed by atoms with Gasteiger partial charge in [0.1, 0.15) is 5.65 Å². The zero-order valence-corrected chi connectivity index (χ0v) is 16.4. The molecule has 3 aromatic rings. The van der Waals surface area contributed by atoms with E-state index >= 15 is 0 Å². The van der Waals surface area contributed by atoms with E-state index in [2.05, 4.69) is 54.8 Å². The third-order valence-electron chi connectivity index (χ3n) is 5.96. The van der Waals surface area contributed by atoms with Crippen LogP contribution in [0.25, 0.3) is 22.8 Å². The van der Waals surface area contributed by atoms with Crippen molar-refractivity contribution < 1.29 is 0 Å². The zero-order chi connectivity index (χ0) is 18.5. The molecule has 0 N–H and O–H groups in total. The topological polar surface area (TPSA) is 34.0 Å². The SMILES string of the molecule is Cc1cnc2c(c1)c1c(n2C=C2CCCc3nc(C)ccc32)CCN(C)C1. The Bertz CT molecular complexity index is 1070. The first-order valence-corrected chi connectivity index (χ1v) is 9.94. The van der Waals surface area contributed by atoms with Gasteiger partial charge in [-0.05, 0) is 69.0 Å². The minimum absolute atomic E-state index is 1.00. The molecule has 0 saturated heterocycles. The minimum atomic E-state index is 1.00. The lowest BCUT2D eigenvalue weighted by atomic mass is 9.91. The number of pyridine rings is 2. The van der Waals surface area contributed by atoms with E-state index < -0.39 is 0 Å². The minimum Gasteiger partial charge on any atom is -0.304 e. The van der Waals surface area contributed by atoms with Gasteiger partial charge in [-0.3, -0.25) is 4.98 Å². The van der Waals surface area contributed by atoms with Gasteiger partial charge in [0.05, 0.1) is 0 Å². The van der Waals surface area contributed by atoms with Gasteiger partial charge in [-0.25, -0.2) is 4.98 Å². The van der Waals surface area contributed by atoms with E-state index in [4.69, 9.17) is 9.97 Å². The second-order valence-electron chi connectivity index (χ2n) is 8.12. The van der Waals surface area contributed by atoms with Crippen LogP contribution >= 0.6 is 0 Å². The van der Waals surface area contributed by atoms with E-state index in [9.17, 15) is 0 Å². The predicted molar refractivity (Wildman–Crippen MR) is 111 cm³/mol. The first kappa shape index (κ1) is 16.7. The van der Waals surface area contributed by atoms with Crippen LogP contribution in [0, 0.1) is 13.8 Å². The van der Waals surface area contributed by atoms with E-state index in [0.29, 0.717) is 0 Å². The predicted octanol–water partition coefficient (Wildman–Crippen LogP) is 4.37. The maximum absolute atomic E-state index is 4.83. The monoisotopic (exact) mass is 358 g/mol. The second-order valence-corrected chi connectivity index (χ2v) is 8.12. The second kappa shape index (κ2) is 6.31. The summed E-state index contributed by atoms with van der Waals surface area (Å²) in [6, 6.07) is 6.69. The molecule has 1 aliphatic heterocycles. The van der Waals surface area contributed by atoms with Crippen molar-refractivity contribution in [1.29, 1.82) is 0 Å². The maximum atomic E-state index is 4.83. The highest BCUT2D eigenvalue weighted by Crippen LogP contribution is 2.34. The summed E-state index contributed by atoms with van der Waals surface area (Å²) < 4.78 is 2.38. The van der Waals surface area contributed by atoms with Crippen molar-refractivity contribution in [1.82, 2.24) is 19.4 Å². The van der Waals surface area contributed by atoms with Crippen LogP contribution in [-0.4, -0.2) is 33.0 Å². The molecular weight excluding hydrogens is 332 g/mol. The van der Waals surface area contributed by atoms with E-state index in [1.54, 1.807) is 0 Å². The van der Waals surface area contributed by atoms with Crippen LogP contribution in [0.3, 0.4) is 0 Å². The molecule has 0 bridgehead atoms. The van der Waals surface area contributed by atoms with E-state index in [-0.39, 0.29) is 0 Å². The number of rotatable bonds is 1. The molecule has 0 amide bonds. The Kier molecular flexibility index (Phi) is 3.90. The Morgan fingerprint density at radius 1 is 1.11 bits per heavy atom. The summed E-state index contributed by atoms with van der Waals surface area (Å²) in [5.74, 6) is 0. The van der Waals surface area contributed by atoms with Crippen molar-refractivity contribution in [3.63, 3.8) is 0 Å². The number of nitrogens with zero attached hydrogens (tertiary/aromatic N) is 4. The van der Waals surface area contributed by atoms with E-state index in [1.165, 1.54) is 45.5 Å². The first-order valence-electron chi connectivity index (χ1n) is 9.94. The fourth-order valence-electron chi connectivity index (χ4n) is 4.60. The summed E-state index contributed by atoms with van der Waals surface area (Å²) in [7, 11) is 2.21. The van der Waals surface area contributed by atoms with E-state index in [0.717, 1.165) is 43.7 Å². The number of fused-ring (bicyclic) bond motifs is 4. The van der Waals surface area contributed by atoms with Gasteiger partial charge in [0, 0.05) is 59.9 Å². The van der Waals surface area contributed by atoms with E-state index in [1.807, 2.05) is 6.20 Å². The maximum Gasteiger partial charge on any atom is 0.144 e. The summed E-state index contributed by atoms with van der Waals surface area (Å²) >= 11 is 0. The largest absolute Gasteiger partial charge is 0.304 e. The molecule has 4 nitrogen and oxygen atoms in total. The molecular formula is C23H26N4. The van der Waals surface area contributed by atoms with Gasteiger partial charge in [0.2, 0.25) is 0 Å². The summed E-state index contributed by atoms with van der Waals surface area (Å²) in [6.07, 6.45) is 8.78. The van der Waals surface area contributed by atoms with Gasteiger partial charge in [0.15, 0.2) is 0 Å². The van der Waals surface area contributed by atoms with Crippen molar-refractivity contribution in [3.8, 4) is 0 Å². The molecule has 0 atom stereocenters. The number of allylic oxidation sites excluding steroid dienone is 1. The number of likely N-dealkylation sites (N-methyl/N-ethyl adjacent to an activating group) is 1. The molecule has 0 spiro atoms. The van der Waals surface area contributed by atoms with Crippen molar-refractivity contribution in [2.45, 2.75) is 46.1 Å². The van der Waals surface area contributed by atoms with Crippen LogP contribution < -0.4 is 0 Å². The Labute approximate surface area is 160 Å². The fourth-order valence-corrected chi connectivity index (χ4v) is 4.60. The van der Waals surface area contributed by atoms with Gasteiger partial charge >= 0.3 is 0 Å². The average Bonchev–Trinajstić information content (AvgIpc) is 2.94. The molecule has 138 valence electrons. The highest BCUT2D eigenvalue weighted by Gasteiger charge is 2.24. The van der Waals surface area contributed by atoms with Gasteiger partial charge in [-0.1, -0.05) is 6.07 Å². The smallest absolute Gasteiger partial charge is 0.144 e. The Morgan fingerprint density at radius 3 is 2.89 bits per heavy atom. The molecule has 3 aromatic heterocycles. The molecule has 5 rings (SSSR count). The highest BCUT2D eigenvalue weighted by atomic mass is 15.1. The van der Waals surface area contributed by atoms with Crippen LogP contribution in [0.1, 0.15) is 46.6 Å². The van der Waals surface area contributed by atoms with Crippen LogP contribution in [0.2, 0.25) is 0 Å². The van der Waals surface area contributed by atoms with Gasteiger partial charge in [-0.2, -0.15) is 0 Å². The fraction of sp³-hybridized carbons (Fsp3) is 0.391. The van der Waals surface area contributed by atoms with Gasteiger partial charge < -0.3 is 9.47 Å². The molecule has 1 aliphatic carbocycles. The standard InChI is InChI=1S/C23H26N4/c1-15-11-19-20-14-26(3)10-9-22(20)27(23(19)24-12-15)13-17-5-4-6-21-18(17)8-7-16(2)25-21/h7-8,11-13H,4-6,9-10,14H2,1-3H3. The first-order chi connectivity index (χ1) is 13.1. The number of aromatic nitrogens is 3. The third kappa shape index (κ3) is 2.79. The summed E-state index contributed by atoms with van der Waals surface area (Å²) in [5.41, 5.74) is 10.3. The Hall–Kier alpha value is -2.46. The van der Waals surface area contributed by atoms with Crippen molar-refractivity contribution in [2.24, 2.45) is 0 Å². The molecule has 0 radical (unpaired) electrons. The molecule has 0 fully saturated rings. The molecule has 0 aromatic carbocycles. The van der Waals surface area contributed by atoms with Crippen LogP contribution in [0.4, 0.5) is 0 Å². The Morgan fingerprint density at radius 2 is 2.00 bits per heavy atom. The van der Waals surface area contributed by atoms with Crippen molar-refractivity contribution >= 4 is 22.8 Å². The number of hydrogen-bond donors (Lipinski definition) is 0.